The molecule has 0 amide bonds. The van der Waals surface area contributed by atoms with Gasteiger partial charge >= 0.3 is 0 Å². The lowest BCUT2D eigenvalue weighted by atomic mass is 9.45. The van der Waals surface area contributed by atoms with Gasteiger partial charge in [0.05, 0.1) is 19.3 Å². The molecule has 7 aliphatic rings. The van der Waals surface area contributed by atoms with Crippen molar-refractivity contribution in [3.05, 3.63) is 0 Å². The molecule has 3 heteroatoms. The first-order valence-corrected chi connectivity index (χ1v) is 10.2. The summed E-state index contributed by atoms with van der Waals surface area (Å²) in [5.41, 5.74) is 0. The van der Waals surface area contributed by atoms with Crippen molar-refractivity contribution >= 4 is 0 Å². The van der Waals surface area contributed by atoms with E-state index >= 15 is 0 Å². The molecule has 8 atom stereocenters. The fourth-order valence-corrected chi connectivity index (χ4v) is 8.55. The molecule has 0 aromatic rings. The lowest BCUT2D eigenvalue weighted by molar-refractivity contribution is -0.226. The van der Waals surface area contributed by atoms with Crippen molar-refractivity contribution in [1.29, 1.82) is 0 Å². The van der Waals surface area contributed by atoms with Crippen LogP contribution in [0.25, 0.3) is 0 Å². The first-order chi connectivity index (χ1) is 11.3. The zero-order valence-electron chi connectivity index (χ0n) is 14.0. The van der Waals surface area contributed by atoms with E-state index in [2.05, 4.69) is 0 Å². The highest BCUT2D eigenvalue weighted by molar-refractivity contribution is 5.13. The van der Waals surface area contributed by atoms with Crippen molar-refractivity contribution in [2.75, 3.05) is 13.2 Å². The van der Waals surface area contributed by atoms with Crippen LogP contribution in [0.15, 0.2) is 0 Å². The summed E-state index contributed by atoms with van der Waals surface area (Å²) in [5, 5.41) is 11.4. The van der Waals surface area contributed by atoms with Gasteiger partial charge in [0.2, 0.25) is 0 Å². The summed E-state index contributed by atoms with van der Waals surface area (Å²) >= 11 is 0. The molecule has 0 aromatic carbocycles. The highest BCUT2D eigenvalue weighted by Gasteiger charge is 2.65. The van der Waals surface area contributed by atoms with Crippen LogP contribution in [0.5, 0.6) is 0 Å². The molecule has 4 bridgehead atoms. The van der Waals surface area contributed by atoms with Crippen molar-refractivity contribution < 1.29 is 14.6 Å². The molecule has 7 rings (SSSR count). The predicted octanol–water partition coefficient (Wildman–Crippen LogP) is 3.06. The third-order valence-electron chi connectivity index (χ3n) is 9.04. The number of ether oxygens (including phenoxy) is 2. The molecular weight excluding hydrogens is 288 g/mol. The maximum atomic E-state index is 11.4. The molecular formula is C20H30O3. The molecule has 1 saturated heterocycles. The topological polar surface area (TPSA) is 38.7 Å². The van der Waals surface area contributed by atoms with E-state index in [0.29, 0.717) is 29.6 Å². The molecule has 0 radical (unpaired) electrons. The van der Waals surface area contributed by atoms with Gasteiger partial charge in [-0.1, -0.05) is 0 Å². The van der Waals surface area contributed by atoms with E-state index < -0.39 is 0 Å². The van der Waals surface area contributed by atoms with E-state index in [1.165, 1.54) is 44.9 Å². The van der Waals surface area contributed by atoms with Gasteiger partial charge in [0.15, 0.2) is 6.29 Å². The van der Waals surface area contributed by atoms with Crippen molar-refractivity contribution in [3.8, 4) is 0 Å². The Hall–Kier alpha value is -0.120. The average molecular weight is 318 g/mol. The average Bonchev–Trinajstić information content (AvgIpc) is 3.33. The van der Waals surface area contributed by atoms with Crippen molar-refractivity contribution in [1.82, 2.24) is 0 Å². The Kier molecular flexibility index (Phi) is 3.04. The van der Waals surface area contributed by atoms with E-state index in [-0.39, 0.29) is 12.4 Å². The third-order valence-corrected chi connectivity index (χ3v) is 9.04. The Balaban J connectivity index is 1.44. The quantitative estimate of drug-likeness (QED) is 0.807. The van der Waals surface area contributed by atoms with Gasteiger partial charge in [-0.15, -0.1) is 0 Å². The fraction of sp³-hybridized carbons (Fsp3) is 1.00. The van der Waals surface area contributed by atoms with Gasteiger partial charge in [-0.2, -0.15) is 0 Å². The monoisotopic (exact) mass is 318 g/mol. The summed E-state index contributed by atoms with van der Waals surface area (Å²) in [7, 11) is 0. The van der Waals surface area contributed by atoms with E-state index in [1.54, 1.807) is 0 Å². The van der Waals surface area contributed by atoms with Crippen LogP contribution in [0.2, 0.25) is 0 Å². The minimum absolute atomic E-state index is 0.0222. The first-order valence-electron chi connectivity index (χ1n) is 10.2. The Morgan fingerprint density at radius 3 is 1.74 bits per heavy atom. The number of fused-ring (bicyclic) bond motifs is 7. The van der Waals surface area contributed by atoms with Gasteiger partial charge in [-0.25, -0.2) is 0 Å². The summed E-state index contributed by atoms with van der Waals surface area (Å²) in [5.74, 6) is 6.33. The SMILES string of the molecule is OC1C2C3CCC(CC3)C2C(C2OCCO2)C2C3CCC(C3)C12. The maximum Gasteiger partial charge on any atom is 0.161 e. The predicted molar refractivity (Wildman–Crippen MR) is 85.4 cm³/mol. The van der Waals surface area contributed by atoms with Gasteiger partial charge in [0, 0.05) is 5.92 Å². The van der Waals surface area contributed by atoms with Crippen molar-refractivity contribution in [2.24, 2.45) is 53.3 Å². The second kappa shape index (κ2) is 4.95. The number of rotatable bonds is 1. The molecule has 6 saturated carbocycles. The standard InChI is InChI=1S/C20H30O3/c21-19-16-11-3-1-10(2-4-11)14(16)18(20-22-7-8-23-20)15-12-5-6-13(9-12)17(15)19/h10-21H,1-9H2. The minimum Gasteiger partial charge on any atom is -0.393 e. The zero-order valence-corrected chi connectivity index (χ0v) is 14.0. The molecule has 6 aliphatic carbocycles. The Morgan fingerprint density at radius 1 is 0.565 bits per heavy atom. The van der Waals surface area contributed by atoms with Crippen LogP contribution >= 0.6 is 0 Å². The number of hydrogen-bond acceptors (Lipinski definition) is 3. The summed E-state index contributed by atoms with van der Waals surface area (Å²) in [6, 6.07) is 0. The van der Waals surface area contributed by atoms with Crippen LogP contribution in [0, 0.1) is 53.3 Å². The number of aliphatic hydroxyl groups excluding tert-OH is 1. The normalized spacial score (nSPS) is 60.9. The highest BCUT2D eigenvalue weighted by Crippen LogP contribution is 2.67. The Bertz CT molecular complexity index is 479. The third kappa shape index (κ3) is 1.77. The maximum absolute atomic E-state index is 11.4. The highest BCUT2D eigenvalue weighted by atomic mass is 16.7. The zero-order chi connectivity index (χ0) is 15.1. The molecule has 0 spiro atoms. The van der Waals surface area contributed by atoms with Crippen LogP contribution in [-0.2, 0) is 9.47 Å². The molecule has 1 heterocycles. The van der Waals surface area contributed by atoms with Crippen LogP contribution in [0.4, 0.5) is 0 Å². The molecule has 1 N–H and O–H groups in total. The Morgan fingerprint density at radius 2 is 1.04 bits per heavy atom. The van der Waals surface area contributed by atoms with E-state index in [9.17, 15) is 5.11 Å². The van der Waals surface area contributed by atoms with Crippen LogP contribution < -0.4 is 0 Å². The minimum atomic E-state index is -0.0222. The summed E-state index contributed by atoms with van der Waals surface area (Å²) in [6.45, 7) is 1.56. The lowest BCUT2D eigenvalue weighted by Gasteiger charge is -2.61. The lowest BCUT2D eigenvalue weighted by Crippen LogP contribution is -2.61. The molecule has 23 heavy (non-hydrogen) atoms. The first kappa shape index (κ1) is 14.1. The van der Waals surface area contributed by atoms with Crippen molar-refractivity contribution in [2.45, 2.75) is 57.3 Å². The van der Waals surface area contributed by atoms with E-state index in [0.717, 1.165) is 36.9 Å². The fourth-order valence-electron chi connectivity index (χ4n) is 8.55. The second-order valence-corrected chi connectivity index (χ2v) is 9.50. The molecule has 0 aromatic heterocycles. The number of hydrogen-bond donors (Lipinski definition) is 1. The molecule has 7 fully saturated rings. The molecule has 128 valence electrons. The van der Waals surface area contributed by atoms with Crippen LogP contribution in [-0.4, -0.2) is 30.7 Å². The second-order valence-electron chi connectivity index (χ2n) is 9.50. The van der Waals surface area contributed by atoms with Crippen LogP contribution in [0.1, 0.15) is 44.9 Å². The van der Waals surface area contributed by atoms with Crippen LogP contribution in [0.3, 0.4) is 0 Å². The molecule has 3 nitrogen and oxygen atoms in total. The van der Waals surface area contributed by atoms with E-state index in [1.807, 2.05) is 0 Å². The number of aliphatic hydroxyl groups is 1. The van der Waals surface area contributed by atoms with Crippen molar-refractivity contribution in [3.63, 3.8) is 0 Å². The molecule has 8 unspecified atom stereocenters. The summed E-state index contributed by atoms with van der Waals surface area (Å²) in [6.07, 6.45) is 9.69. The van der Waals surface area contributed by atoms with Gasteiger partial charge in [0.1, 0.15) is 0 Å². The molecule has 1 aliphatic heterocycles. The summed E-state index contributed by atoms with van der Waals surface area (Å²) < 4.78 is 12.2. The Labute approximate surface area is 139 Å². The summed E-state index contributed by atoms with van der Waals surface area (Å²) in [4.78, 5) is 0. The van der Waals surface area contributed by atoms with Gasteiger partial charge in [-0.3, -0.25) is 0 Å². The largest absolute Gasteiger partial charge is 0.393 e. The van der Waals surface area contributed by atoms with Gasteiger partial charge in [0.25, 0.3) is 0 Å². The van der Waals surface area contributed by atoms with Gasteiger partial charge < -0.3 is 14.6 Å². The smallest absolute Gasteiger partial charge is 0.161 e. The van der Waals surface area contributed by atoms with Gasteiger partial charge in [-0.05, 0) is 92.3 Å². The van der Waals surface area contributed by atoms with E-state index in [4.69, 9.17) is 9.47 Å².